The fourth-order valence-corrected chi connectivity index (χ4v) is 6.06. The van der Waals surface area contributed by atoms with Gasteiger partial charge in [-0.3, -0.25) is 19.9 Å². The summed E-state index contributed by atoms with van der Waals surface area (Å²) in [4.78, 5) is 18.3. The molecule has 4 nitrogen and oxygen atoms in total. The van der Waals surface area contributed by atoms with E-state index in [2.05, 4.69) is 107 Å². The van der Waals surface area contributed by atoms with Crippen LogP contribution in [0.4, 0.5) is 0 Å². The SMILES string of the molecule is c1ccc(-c2ccc3c(-c4ccc(-c5cccnc5)nc4)c4ccccc4c(-c4ccc(-c5cccnc5)nc4)c3c2)cc1. The van der Waals surface area contributed by atoms with Crippen molar-refractivity contribution in [2.75, 3.05) is 0 Å². The Balaban J connectivity index is 1.38. The normalized spacial score (nSPS) is 11.2. The molecule has 206 valence electrons. The summed E-state index contributed by atoms with van der Waals surface area (Å²) in [5.41, 5.74) is 10.6. The van der Waals surface area contributed by atoms with Gasteiger partial charge in [0, 0.05) is 59.4 Å². The average molecular weight is 563 g/mol. The Bertz CT molecular complexity index is 2230. The minimum Gasteiger partial charge on any atom is -0.264 e. The van der Waals surface area contributed by atoms with E-state index < -0.39 is 0 Å². The summed E-state index contributed by atoms with van der Waals surface area (Å²) >= 11 is 0. The fraction of sp³-hybridized carbons (Fsp3) is 0. The summed E-state index contributed by atoms with van der Waals surface area (Å²) in [5.74, 6) is 0. The number of pyridine rings is 4. The van der Waals surface area contributed by atoms with Crippen LogP contribution in [0.2, 0.25) is 0 Å². The molecule has 0 radical (unpaired) electrons. The lowest BCUT2D eigenvalue weighted by Crippen LogP contribution is -1.93. The number of nitrogens with zero attached hydrogens (tertiary/aromatic N) is 4. The van der Waals surface area contributed by atoms with E-state index >= 15 is 0 Å². The highest BCUT2D eigenvalue weighted by atomic mass is 14.7. The summed E-state index contributed by atoms with van der Waals surface area (Å²) < 4.78 is 0. The number of aromatic nitrogens is 4. The summed E-state index contributed by atoms with van der Waals surface area (Å²) in [6.45, 7) is 0. The number of fused-ring (bicyclic) bond motifs is 2. The van der Waals surface area contributed by atoms with Crippen LogP contribution in [-0.4, -0.2) is 19.9 Å². The van der Waals surface area contributed by atoms with E-state index in [0.717, 1.165) is 33.6 Å². The van der Waals surface area contributed by atoms with Crippen molar-refractivity contribution in [3.05, 3.63) is 159 Å². The largest absolute Gasteiger partial charge is 0.264 e. The maximum absolute atomic E-state index is 4.88. The minimum atomic E-state index is 0.900. The second-order valence-corrected chi connectivity index (χ2v) is 10.8. The number of rotatable bonds is 5. The summed E-state index contributed by atoms with van der Waals surface area (Å²) in [7, 11) is 0. The maximum Gasteiger partial charge on any atom is 0.0717 e. The molecule has 0 fully saturated rings. The summed E-state index contributed by atoms with van der Waals surface area (Å²) in [6, 6.07) is 42.5. The molecule has 4 aromatic carbocycles. The van der Waals surface area contributed by atoms with Crippen molar-refractivity contribution >= 4 is 21.5 Å². The van der Waals surface area contributed by atoms with Crippen molar-refractivity contribution in [2.45, 2.75) is 0 Å². The van der Waals surface area contributed by atoms with Crippen molar-refractivity contribution in [3.63, 3.8) is 0 Å². The summed E-state index contributed by atoms with van der Waals surface area (Å²) in [6.07, 6.45) is 11.2. The molecule has 0 spiro atoms. The van der Waals surface area contributed by atoms with Gasteiger partial charge in [0.05, 0.1) is 11.4 Å². The molecule has 4 heteroatoms. The quantitative estimate of drug-likeness (QED) is 0.196. The van der Waals surface area contributed by atoms with Gasteiger partial charge in [-0.25, -0.2) is 0 Å². The van der Waals surface area contributed by atoms with Gasteiger partial charge in [0.2, 0.25) is 0 Å². The lowest BCUT2D eigenvalue weighted by molar-refractivity contribution is 1.28. The van der Waals surface area contributed by atoms with Gasteiger partial charge >= 0.3 is 0 Å². The molecule has 44 heavy (non-hydrogen) atoms. The first-order chi connectivity index (χ1) is 21.8. The highest BCUT2D eigenvalue weighted by molar-refractivity contribution is 6.21. The second kappa shape index (κ2) is 11.0. The van der Waals surface area contributed by atoms with Gasteiger partial charge in [-0.1, -0.05) is 78.9 Å². The predicted molar refractivity (Wildman–Crippen MR) is 180 cm³/mol. The third-order valence-corrected chi connectivity index (χ3v) is 8.15. The highest BCUT2D eigenvalue weighted by Crippen LogP contribution is 2.44. The van der Waals surface area contributed by atoms with E-state index in [4.69, 9.17) is 9.97 Å². The van der Waals surface area contributed by atoms with Gasteiger partial charge in [0.15, 0.2) is 0 Å². The molecule has 4 heterocycles. The maximum atomic E-state index is 4.88. The molecule has 0 amide bonds. The Morgan fingerprint density at radius 2 is 0.818 bits per heavy atom. The number of hydrogen-bond donors (Lipinski definition) is 0. The van der Waals surface area contributed by atoms with Crippen LogP contribution in [0.3, 0.4) is 0 Å². The van der Waals surface area contributed by atoms with E-state index in [0.29, 0.717) is 0 Å². The fourth-order valence-electron chi connectivity index (χ4n) is 6.06. The van der Waals surface area contributed by atoms with Crippen LogP contribution in [0.1, 0.15) is 0 Å². The molecule has 0 aliphatic rings. The second-order valence-electron chi connectivity index (χ2n) is 10.8. The lowest BCUT2D eigenvalue weighted by atomic mass is 9.85. The molecule has 0 saturated carbocycles. The molecular weight excluding hydrogens is 536 g/mol. The van der Waals surface area contributed by atoms with E-state index in [1.807, 2.05) is 49.1 Å². The van der Waals surface area contributed by atoms with Gasteiger partial charge in [-0.15, -0.1) is 0 Å². The molecule has 0 aliphatic heterocycles. The van der Waals surface area contributed by atoms with Gasteiger partial charge in [0.1, 0.15) is 0 Å². The van der Waals surface area contributed by atoms with Gasteiger partial charge < -0.3 is 0 Å². The van der Waals surface area contributed by atoms with Crippen molar-refractivity contribution in [1.29, 1.82) is 0 Å². The highest BCUT2D eigenvalue weighted by Gasteiger charge is 2.18. The van der Waals surface area contributed by atoms with E-state index in [-0.39, 0.29) is 0 Å². The Labute approximate surface area is 255 Å². The van der Waals surface area contributed by atoms with Crippen LogP contribution < -0.4 is 0 Å². The van der Waals surface area contributed by atoms with Crippen LogP contribution >= 0.6 is 0 Å². The van der Waals surface area contributed by atoms with Crippen LogP contribution in [0.5, 0.6) is 0 Å². The van der Waals surface area contributed by atoms with Gasteiger partial charge in [-0.05, 0) is 86.3 Å². The number of benzene rings is 4. The first-order valence-corrected chi connectivity index (χ1v) is 14.6. The topological polar surface area (TPSA) is 51.6 Å². The van der Waals surface area contributed by atoms with Crippen molar-refractivity contribution in [2.24, 2.45) is 0 Å². The molecule has 4 aromatic heterocycles. The molecule has 0 unspecified atom stereocenters. The Morgan fingerprint density at radius 3 is 1.34 bits per heavy atom. The Hall–Kier alpha value is -6.00. The standard InChI is InChI=1S/C40H26N4/c1-2-8-27(9-3-1)28-14-17-35-36(22-28)40(32-16-19-38(44-26-32)30-11-7-21-42-24-30)34-13-5-4-12-33(34)39(35)31-15-18-37(43-25-31)29-10-6-20-41-23-29/h1-26H. The van der Waals surface area contributed by atoms with E-state index in [1.165, 1.54) is 43.8 Å². The van der Waals surface area contributed by atoms with Crippen LogP contribution in [0, 0.1) is 0 Å². The molecule has 8 rings (SSSR count). The number of hydrogen-bond acceptors (Lipinski definition) is 4. The zero-order chi connectivity index (χ0) is 29.3. The monoisotopic (exact) mass is 562 g/mol. The van der Waals surface area contributed by atoms with E-state index in [9.17, 15) is 0 Å². The molecule has 0 aliphatic carbocycles. The van der Waals surface area contributed by atoms with Crippen LogP contribution in [0.15, 0.2) is 159 Å². The molecule has 0 saturated heterocycles. The lowest BCUT2D eigenvalue weighted by Gasteiger charge is -2.19. The summed E-state index contributed by atoms with van der Waals surface area (Å²) in [5, 5.41) is 4.69. The Morgan fingerprint density at radius 1 is 0.318 bits per heavy atom. The zero-order valence-electron chi connectivity index (χ0n) is 23.8. The minimum absolute atomic E-state index is 0.900. The molecule has 0 bridgehead atoms. The Kier molecular flexibility index (Phi) is 6.43. The average Bonchev–Trinajstić information content (AvgIpc) is 3.12. The van der Waals surface area contributed by atoms with E-state index in [1.54, 1.807) is 12.4 Å². The first kappa shape index (κ1) is 25.7. The molecule has 0 atom stereocenters. The predicted octanol–water partition coefficient (Wildman–Crippen LogP) is 9.91. The van der Waals surface area contributed by atoms with Gasteiger partial charge in [-0.2, -0.15) is 0 Å². The van der Waals surface area contributed by atoms with Crippen LogP contribution in [0.25, 0.3) is 77.4 Å². The third-order valence-electron chi connectivity index (χ3n) is 8.15. The zero-order valence-corrected chi connectivity index (χ0v) is 23.8. The van der Waals surface area contributed by atoms with Crippen molar-refractivity contribution < 1.29 is 0 Å². The third kappa shape index (κ3) is 4.59. The van der Waals surface area contributed by atoms with Gasteiger partial charge in [0.25, 0.3) is 0 Å². The molecule has 8 aromatic rings. The molecule has 0 N–H and O–H groups in total. The van der Waals surface area contributed by atoms with Crippen molar-refractivity contribution in [1.82, 2.24) is 19.9 Å². The van der Waals surface area contributed by atoms with Crippen molar-refractivity contribution in [3.8, 4) is 55.9 Å². The first-order valence-electron chi connectivity index (χ1n) is 14.6. The van der Waals surface area contributed by atoms with Crippen LogP contribution in [-0.2, 0) is 0 Å². The smallest absolute Gasteiger partial charge is 0.0717 e. The molecular formula is C40H26N4.